The molecule has 1 N–H and O–H groups in total. The van der Waals surface area contributed by atoms with Crippen molar-refractivity contribution in [2.75, 3.05) is 12.8 Å². The summed E-state index contributed by atoms with van der Waals surface area (Å²) in [5.41, 5.74) is 0. The van der Waals surface area contributed by atoms with Crippen LogP contribution in [0.15, 0.2) is 5.16 Å². The zero-order chi connectivity index (χ0) is 14.1. The second-order valence-electron chi connectivity index (χ2n) is 6.31. The van der Waals surface area contributed by atoms with Crippen molar-refractivity contribution in [3.8, 4) is 0 Å². The molecule has 1 heterocycles. The Balaban J connectivity index is 1.67. The topological polar surface area (TPSA) is 42.7 Å². The molecule has 1 aromatic rings. The fraction of sp³-hybridized carbons (Fsp3) is 0.867. The van der Waals surface area contributed by atoms with Gasteiger partial charge in [0.05, 0.1) is 0 Å². The summed E-state index contributed by atoms with van der Waals surface area (Å²) < 4.78 is 2.45. The Kier molecular flexibility index (Phi) is 4.36. The molecule has 0 saturated heterocycles. The lowest BCUT2D eigenvalue weighted by atomic mass is 10.0. The summed E-state index contributed by atoms with van der Waals surface area (Å²) in [6.07, 6.45) is 6.45. The molecular formula is C15H26N4S. The number of nitrogens with one attached hydrogen (secondary N) is 1. The predicted molar refractivity (Wildman–Crippen MR) is 83.3 cm³/mol. The summed E-state index contributed by atoms with van der Waals surface area (Å²) >= 11 is 1.88. The van der Waals surface area contributed by atoms with Crippen molar-refractivity contribution in [3.63, 3.8) is 0 Å². The van der Waals surface area contributed by atoms with E-state index in [4.69, 9.17) is 0 Å². The molecule has 3 rings (SSSR count). The molecule has 4 nitrogen and oxygen atoms in total. The maximum atomic E-state index is 4.48. The van der Waals surface area contributed by atoms with Crippen LogP contribution in [0, 0.1) is 5.92 Å². The largest absolute Gasteiger partial charge is 0.316 e. The average Bonchev–Trinajstić information content (AvgIpc) is 3.38. The Morgan fingerprint density at radius 2 is 2.05 bits per heavy atom. The third kappa shape index (κ3) is 3.03. The highest BCUT2D eigenvalue weighted by molar-refractivity contribution is 7.99. The number of hydrogen-bond donors (Lipinski definition) is 1. The van der Waals surface area contributed by atoms with E-state index >= 15 is 0 Å². The standard InChI is InChI=1S/C15H26N4S/c1-4-10(2)13(16-3)9-20-15-18-17-14(11-5-6-11)19(15)12-7-8-12/h10-13,16H,4-9H2,1-3H3. The van der Waals surface area contributed by atoms with Crippen LogP contribution in [0.3, 0.4) is 0 Å². The maximum absolute atomic E-state index is 4.48. The Labute approximate surface area is 126 Å². The van der Waals surface area contributed by atoms with E-state index in [1.54, 1.807) is 0 Å². The van der Waals surface area contributed by atoms with E-state index in [1.807, 2.05) is 11.8 Å². The first-order chi connectivity index (χ1) is 9.74. The smallest absolute Gasteiger partial charge is 0.191 e. The number of hydrogen-bond acceptors (Lipinski definition) is 4. The van der Waals surface area contributed by atoms with Crippen molar-refractivity contribution in [3.05, 3.63) is 5.82 Å². The molecular weight excluding hydrogens is 268 g/mol. The van der Waals surface area contributed by atoms with Crippen LogP contribution in [-0.4, -0.2) is 33.6 Å². The Morgan fingerprint density at radius 3 is 2.60 bits per heavy atom. The van der Waals surface area contributed by atoms with Crippen molar-refractivity contribution >= 4 is 11.8 Å². The summed E-state index contributed by atoms with van der Waals surface area (Å²) in [5.74, 6) is 3.75. The van der Waals surface area contributed by atoms with E-state index in [1.165, 1.54) is 37.9 Å². The first kappa shape index (κ1) is 14.4. The van der Waals surface area contributed by atoms with E-state index in [9.17, 15) is 0 Å². The van der Waals surface area contributed by atoms with Gasteiger partial charge in [-0.3, -0.25) is 0 Å². The second-order valence-corrected chi connectivity index (χ2v) is 7.30. The van der Waals surface area contributed by atoms with Gasteiger partial charge >= 0.3 is 0 Å². The lowest BCUT2D eigenvalue weighted by Gasteiger charge is -2.21. The van der Waals surface area contributed by atoms with Gasteiger partial charge in [-0.05, 0) is 38.6 Å². The van der Waals surface area contributed by atoms with Gasteiger partial charge in [0, 0.05) is 23.8 Å². The van der Waals surface area contributed by atoms with E-state index in [0.717, 1.165) is 10.9 Å². The minimum Gasteiger partial charge on any atom is -0.316 e. The molecule has 2 fully saturated rings. The molecule has 1 aromatic heterocycles. The van der Waals surface area contributed by atoms with Crippen LogP contribution in [0.5, 0.6) is 0 Å². The van der Waals surface area contributed by atoms with Crippen molar-refractivity contribution in [2.24, 2.45) is 5.92 Å². The lowest BCUT2D eigenvalue weighted by Crippen LogP contribution is -2.34. The fourth-order valence-corrected chi connectivity index (χ4v) is 3.97. The Bertz CT molecular complexity index is 451. The number of nitrogens with zero attached hydrogens (tertiary/aromatic N) is 3. The van der Waals surface area contributed by atoms with Gasteiger partial charge in [0.25, 0.3) is 0 Å². The lowest BCUT2D eigenvalue weighted by molar-refractivity contribution is 0.420. The summed E-state index contributed by atoms with van der Waals surface area (Å²) in [6, 6.07) is 1.25. The zero-order valence-corrected chi connectivity index (χ0v) is 13.6. The van der Waals surface area contributed by atoms with Crippen LogP contribution in [0.4, 0.5) is 0 Å². The van der Waals surface area contributed by atoms with Crippen LogP contribution in [0.1, 0.15) is 63.7 Å². The van der Waals surface area contributed by atoms with Crippen LogP contribution >= 0.6 is 11.8 Å². The molecule has 0 spiro atoms. The molecule has 0 amide bonds. The van der Waals surface area contributed by atoms with Gasteiger partial charge < -0.3 is 9.88 Å². The van der Waals surface area contributed by atoms with Crippen molar-refractivity contribution in [1.29, 1.82) is 0 Å². The molecule has 0 aliphatic heterocycles. The van der Waals surface area contributed by atoms with E-state index in [-0.39, 0.29) is 0 Å². The van der Waals surface area contributed by atoms with E-state index < -0.39 is 0 Å². The van der Waals surface area contributed by atoms with Crippen LogP contribution in [0.2, 0.25) is 0 Å². The first-order valence-corrected chi connectivity index (χ1v) is 8.98. The molecule has 0 bridgehead atoms. The third-order valence-electron chi connectivity index (χ3n) is 4.64. The third-order valence-corrected chi connectivity index (χ3v) is 5.70. The highest BCUT2D eigenvalue weighted by Crippen LogP contribution is 2.46. The van der Waals surface area contributed by atoms with Gasteiger partial charge in [0.15, 0.2) is 5.16 Å². The van der Waals surface area contributed by atoms with Gasteiger partial charge in [-0.1, -0.05) is 32.0 Å². The highest BCUT2D eigenvalue weighted by atomic mass is 32.2. The zero-order valence-electron chi connectivity index (χ0n) is 12.8. The number of rotatable bonds is 8. The molecule has 2 aliphatic carbocycles. The Hall–Kier alpha value is -0.550. The van der Waals surface area contributed by atoms with Crippen molar-refractivity contribution < 1.29 is 0 Å². The molecule has 0 aromatic carbocycles. The quantitative estimate of drug-likeness (QED) is 0.748. The fourth-order valence-electron chi connectivity index (χ4n) is 2.66. The summed E-state index contributed by atoms with van der Waals surface area (Å²) in [7, 11) is 2.07. The average molecular weight is 294 g/mol. The van der Waals surface area contributed by atoms with E-state index in [2.05, 4.69) is 41.0 Å². The molecule has 2 saturated carbocycles. The first-order valence-electron chi connectivity index (χ1n) is 7.99. The predicted octanol–water partition coefficient (Wildman–Crippen LogP) is 3.22. The Morgan fingerprint density at radius 1 is 1.30 bits per heavy atom. The van der Waals surface area contributed by atoms with Gasteiger partial charge in [-0.15, -0.1) is 10.2 Å². The van der Waals surface area contributed by atoms with Crippen molar-refractivity contribution in [2.45, 2.75) is 69.1 Å². The normalized spacial score (nSPS) is 21.9. The monoisotopic (exact) mass is 294 g/mol. The van der Waals surface area contributed by atoms with Gasteiger partial charge in [-0.25, -0.2) is 0 Å². The second kappa shape index (κ2) is 6.06. The molecule has 112 valence electrons. The van der Waals surface area contributed by atoms with Crippen LogP contribution < -0.4 is 5.32 Å². The van der Waals surface area contributed by atoms with Gasteiger partial charge in [0.1, 0.15) is 5.82 Å². The molecule has 0 radical (unpaired) electrons. The molecule has 2 atom stereocenters. The number of thioether (sulfide) groups is 1. The number of aromatic nitrogens is 3. The van der Waals surface area contributed by atoms with Gasteiger partial charge in [0.2, 0.25) is 0 Å². The highest BCUT2D eigenvalue weighted by Gasteiger charge is 2.36. The minimum atomic E-state index is 0.554. The van der Waals surface area contributed by atoms with Crippen LogP contribution in [0.25, 0.3) is 0 Å². The summed E-state index contributed by atoms with van der Waals surface area (Å²) in [5, 5.41) is 13.6. The molecule has 5 heteroatoms. The summed E-state index contributed by atoms with van der Waals surface area (Å²) in [6.45, 7) is 4.58. The van der Waals surface area contributed by atoms with Crippen LogP contribution in [-0.2, 0) is 0 Å². The molecule has 20 heavy (non-hydrogen) atoms. The van der Waals surface area contributed by atoms with E-state index in [0.29, 0.717) is 23.9 Å². The maximum Gasteiger partial charge on any atom is 0.191 e. The van der Waals surface area contributed by atoms with Crippen molar-refractivity contribution in [1.82, 2.24) is 20.1 Å². The molecule has 2 aliphatic rings. The van der Waals surface area contributed by atoms with Gasteiger partial charge in [-0.2, -0.15) is 0 Å². The minimum absolute atomic E-state index is 0.554. The summed E-state index contributed by atoms with van der Waals surface area (Å²) in [4.78, 5) is 0. The molecule has 2 unspecified atom stereocenters. The SMILES string of the molecule is CCC(C)C(CSc1nnc(C2CC2)n1C1CC1)NC.